The fourth-order valence-electron chi connectivity index (χ4n) is 2.20. The number of hydrogen-bond acceptors (Lipinski definition) is 3. The minimum absolute atomic E-state index is 0.0432. The van der Waals surface area contributed by atoms with Crippen molar-refractivity contribution in [2.75, 3.05) is 13.1 Å². The van der Waals surface area contributed by atoms with Gasteiger partial charge in [-0.25, -0.2) is 4.98 Å². The van der Waals surface area contributed by atoms with Crippen LogP contribution in [0.2, 0.25) is 0 Å². The van der Waals surface area contributed by atoms with E-state index in [1.54, 1.807) is 11.1 Å². The lowest BCUT2D eigenvalue weighted by Gasteiger charge is -2.30. The summed E-state index contributed by atoms with van der Waals surface area (Å²) in [7, 11) is 1.90. The highest BCUT2D eigenvalue weighted by Gasteiger charge is 2.29. The van der Waals surface area contributed by atoms with Gasteiger partial charge in [-0.05, 0) is 6.42 Å². The average Bonchev–Trinajstić information content (AvgIpc) is 2.73. The van der Waals surface area contributed by atoms with Gasteiger partial charge in [0, 0.05) is 45.4 Å². The molecule has 18 heavy (non-hydrogen) atoms. The zero-order valence-electron chi connectivity index (χ0n) is 10.4. The van der Waals surface area contributed by atoms with Gasteiger partial charge >= 0.3 is 5.97 Å². The van der Waals surface area contributed by atoms with Crippen molar-refractivity contribution < 1.29 is 14.7 Å². The SMILES string of the molecule is Cn1ccnc1CCN1CC(C(=O)O)CCC1=O. The number of aromatic nitrogens is 2. The summed E-state index contributed by atoms with van der Waals surface area (Å²) in [6.45, 7) is 0.853. The second kappa shape index (κ2) is 5.20. The molecule has 1 aromatic heterocycles. The molecule has 1 atom stereocenters. The maximum atomic E-state index is 11.7. The number of aliphatic carboxylic acids is 1. The zero-order chi connectivity index (χ0) is 13.1. The van der Waals surface area contributed by atoms with Crippen LogP contribution >= 0.6 is 0 Å². The van der Waals surface area contributed by atoms with Crippen molar-refractivity contribution in [3.05, 3.63) is 18.2 Å². The zero-order valence-corrected chi connectivity index (χ0v) is 10.4. The summed E-state index contributed by atoms with van der Waals surface area (Å²) < 4.78 is 1.91. The van der Waals surface area contributed by atoms with Crippen LogP contribution < -0.4 is 0 Å². The predicted molar refractivity (Wildman–Crippen MR) is 63.9 cm³/mol. The van der Waals surface area contributed by atoms with Crippen molar-refractivity contribution >= 4 is 11.9 Å². The van der Waals surface area contributed by atoms with Gasteiger partial charge < -0.3 is 14.6 Å². The predicted octanol–water partition coefficient (Wildman–Crippen LogP) is 0.286. The molecule has 1 amide bonds. The maximum Gasteiger partial charge on any atom is 0.308 e. The summed E-state index contributed by atoms with van der Waals surface area (Å²) >= 11 is 0. The monoisotopic (exact) mass is 251 g/mol. The number of aryl methyl sites for hydroxylation is 1. The first kappa shape index (κ1) is 12.6. The summed E-state index contributed by atoms with van der Waals surface area (Å²) in [5, 5.41) is 8.98. The molecule has 1 fully saturated rings. The Morgan fingerprint density at radius 1 is 1.61 bits per heavy atom. The molecule has 0 saturated carbocycles. The third kappa shape index (κ3) is 2.69. The fraction of sp³-hybridized carbons (Fsp3) is 0.583. The van der Waals surface area contributed by atoms with Crippen LogP contribution in [0.5, 0.6) is 0 Å². The third-order valence-electron chi connectivity index (χ3n) is 3.38. The van der Waals surface area contributed by atoms with Crippen molar-refractivity contribution in [2.24, 2.45) is 13.0 Å². The summed E-state index contributed by atoms with van der Waals surface area (Å²) in [5.74, 6) is -0.296. The fourth-order valence-corrected chi connectivity index (χ4v) is 2.20. The number of carboxylic acid groups (broad SMARTS) is 1. The minimum atomic E-state index is -0.815. The van der Waals surface area contributed by atoms with E-state index in [4.69, 9.17) is 5.11 Å². The molecule has 0 aromatic carbocycles. The number of imidazole rings is 1. The number of nitrogens with zero attached hydrogens (tertiary/aromatic N) is 3. The number of carbonyl (C=O) groups is 2. The van der Waals surface area contributed by atoms with Gasteiger partial charge in [0.25, 0.3) is 0 Å². The van der Waals surface area contributed by atoms with Crippen molar-refractivity contribution in [1.29, 1.82) is 0 Å². The van der Waals surface area contributed by atoms with Gasteiger partial charge in [0.1, 0.15) is 5.82 Å². The molecule has 1 unspecified atom stereocenters. The highest BCUT2D eigenvalue weighted by molar-refractivity contribution is 5.80. The van der Waals surface area contributed by atoms with Gasteiger partial charge in [0.2, 0.25) is 5.91 Å². The number of amides is 1. The second-order valence-electron chi connectivity index (χ2n) is 4.62. The van der Waals surface area contributed by atoms with Crippen LogP contribution in [-0.4, -0.2) is 44.5 Å². The minimum Gasteiger partial charge on any atom is -0.481 e. The molecule has 1 aromatic rings. The summed E-state index contributed by atoms with van der Waals surface area (Å²) in [6, 6.07) is 0. The first-order chi connectivity index (χ1) is 8.58. The molecule has 1 aliphatic rings. The first-order valence-corrected chi connectivity index (χ1v) is 6.04. The van der Waals surface area contributed by atoms with Crippen LogP contribution in [0.3, 0.4) is 0 Å². The van der Waals surface area contributed by atoms with E-state index in [-0.39, 0.29) is 5.91 Å². The Balaban J connectivity index is 1.93. The van der Waals surface area contributed by atoms with E-state index in [9.17, 15) is 9.59 Å². The smallest absolute Gasteiger partial charge is 0.308 e. The molecular weight excluding hydrogens is 234 g/mol. The molecule has 0 radical (unpaired) electrons. The van der Waals surface area contributed by atoms with E-state index in [0.29, 0.717) is 32.4 Å². The van der Waals surface area contributed by atoms with E-state index < -0.39 is 11.9 Å². The molecule has 0 bridgehead atoms. The maximum absolute atomic E-state index is 11.7. The van der Waals surface area contributed by atoms with Gasteiger partial charge in [0.15, 0.2) is 0 Å². The van der Waals surface area contributed by atoms with Crippen LogP contribution in [-0.2, 0) is 23.1 Å². The van der Waals surface area contributed by atoms with Gasteiger partial charge in [-0.2, -0.15) is 0 Å². The number of rotatable bonds is 4. The number of carboxylic acids is 1. The van der Waals surface area contributed by atoms with E-state index >= 15 is 0 Å². The Hall–Kier alpha value is -1.85. The lowest BCUT2D eigenvalue weighted by molar-refractivity contribution is -0.147. The lowest BCUT2D eigenvalue weighted by Crippen LogP contribution is -2.43. The Bertz CT molecular complexity index is 455. The standard InChI is InChI=1S/C12H17N3O3/c1-14-7-5-13-10(14)4-6-15-8-9(12(17)18)2-3-11(15)16/h5,7,9H,2-4,6,8H2,1H3,(H,17,18). The van der Waals surface area contributed by atoms with Crippen molar-refractivity contribution in [3.8, 4) is 0 Å². The highest BCUT2D eigenvalue weighted by atomic mass is 16.4. The van der Waals surface area contributed by atoms with E-state index in [1.807, 2.05) is 17.8 Å². The molecular formula is C12H17N3O3. The van der Waals surface area contributed by atoms with Crippen LogP contribution in [0.1, 0.15) is 18.7 Å². The lowest BCUT2D eigenvalue weighted by atomic mass is 9.97. The number of likely N-dealkylation sites (tertiary alicyclic amines) is 1. The molecule has 6 heteroatoms. The molecule has 1 aliphatic heterocycles. The van der Waals surface area contributed by atoms with Gasteiger partial charge in [-0.15, -0.1) is 0 Å². The largest absolute Gasteiger partial charge is 0.481 e. The van der Waals surface area contributed by atoms with Crippen LogP contribution in [0, 0.1) is 5.92 Å². The molecule has 98 valence electrons. The quantitative estimate of drug-likeness (QED) is 0.834. The second-order valence-corrected chi connectivity index (χ2v) is 4.62. The normalized spacial score (nSPS) is 20.2. The number of hydrogen-bond donors (Lipinski definition) is 1. The molecule has 1 saturated heterocycles. The highest BCUT2D eigenvalue weighted by Crippen LogP contribution is 2.18. The van der Waals surface area contributed by atoms with Crippen LogP contribution in [0.4, 0.5) is 0 Å². The average molecular weight is 251 g/mol. The van der Waals surface area contributed by atoms with Crippen LogP contribution in [0.25, 0.3) is 0 Å². The van der Waals surface area contributed by atoms with Gasteiger partial charge in [-0.1, -0.05) is 0 Å². The summed E-state index contributed by atoms with van der Waals surface area (Å²) in [5.41, 5.74) is 0. The Kier molecular flexibility index (Phi) is 3.64. The van der Waals surface area contributed by atoms with Gasteiger partial charge in [0.05, 0.1) is 5.92 Å². The van der Waals surface area contributed by atoms with E-state index in [2.05, 4.69) is 4.98 Å². The molecule has 0 spiro atoms. The third-order valence-corrected chi connectivity index (χ3v) is 3.38. The van der Waals surface area contributed by atoms with Crippen molar-refractivity contribution in [1.82, 2.24) is 14.5 Å². The Morgan fingerprint density at radius 3 is 3.00 bits per heavy atom. The van der Waals surface area contributed by atoms with Crippen molar-refractivity contribution in [3.63, 3.8) is 0 Å². The first-order valence-electron chi connectivity index (χ1n) is 6.04. The van der Waals surface area contributed by atoms with E-state index in [1.165, 1.54) is 0 Å². The number of piperidine rings is 1. The van der Waals surface area contributed by atoms with Gasteiger partial charge in [-0.3, -0.25) is 9.59 Å². The molecule has 1 N–H and O–H groups in total. The molecule has 2 rings (SSSR count). The molecule has 6 nitrogen and oxygen atoms in total. The van der Waals surface area contributed by atoms with Crippen LogP contribution in [0.15, 0.2) is 12.4 Å². The summed E-state index contributed by atoms with van der Waals surface area (Å²) in [4.78, 5) is 28.5. The molecule has 0 aliphatic carbocycles. The van der Waals surface area contributed by atoms with E-state index in [0.717, 1.165) is 5.82 Å². The molecule has 2 heterocycles. The Morgan fingerprint density at radius 2 is 2.39 bits per heavy atom. The Labute approximate surface area is 105 Å². The summed E-state index contributed by atoms with van der Waals surface area (Å²) in [6.07, 6.45) is 5.01. The number of carbonyl (C=O) groups excluding carboxylic acids is 1. The van der Waals surface area contributed by atoms with Crippen molar-refractivity contribution in [2.45, 2.75) is 19.3 Å². The topological polar surface area (TPSA) is 75.4 Å².